The molecule has 2 aromatic carbocycles. The van der Waals surface area contributed by atoms with Crippen molar-refractivity contribution >= 4 is 53.1 Å². The summed E-state index contributed by atoms with van der Waals surface area (Å²) in [6.07, 6.45) is -11.4. The Hall–Kier alpha value is -6.13. The van der Waals surface area contributed by atoms with Crippen molar-refractivity contribution in [1.29, 1.82) is 0 Å². The van der Waals surface area contributed by atoms with Gasteiger partial charge in [0.1, 0.15) is 42.2 Å². The van der Waals surface area contributed by atoms with Gasteiger partial charge in [-0.1, -0.05) is 69.3 Å². The van der Waals surface area contributed by atoms with Gasteiger partial charge in [0.25, 0.3) is 0 Å². The van der Waals surface area contributed by atoms with Crippen LogP contribution in [-0.4, -0.2) is 136 Å². The number of ketones is 1. The van der Waals surface area contributed by atoms with Gasteiger partial charge in [-0.2, -0.15) is 0 Å². The number of rotatable bonds is 14. The number of carboxylic acids is 1. The van der Waals surface area contributed by atoms with Crippen LogP contribution in [0.25, 0.3) is 0 Å². The van der Waals surface area contributed by atoms with Crippen molar-refractivity contribution in [1.82, 2.24) is 5.32 Å². The Kier molecular flexibility index (Phi) is 17.1. The average Bonchev–Trinajstić information content (AvgIpc) is 3.56. The van der Waals surface area contributed by atoms with Crippen LogP contribution in [0.3, 0.4) is 0 Å². The molecule has 0 spiro atoms. The maximum atomic E-state index is 15.5. The lowest BCUT2D eigenvalue weighted by atomic mass is 9.45. The molecule has 3 fully saturated rings. The number of aromatic carboxylic acids is 1. The summed E-state index contributed by atoms with van der Waals surface area (Å²) in [5.74, 6) is -10.5. The SMILES string of the molecule is CCC1[C@@H](O)C(=O)[C@@]2(C)[C@H]([C@H](OC(=O)c3ccccc3)[C@@](O)(CC)C[C@H](OC(=O)[C@H](OC(=O)c3sc(C(=O)O)c4c3OCCCO4)C(NC(=O)OC(C)(C)C)c3ccccc3)[C@H]1C)[C@]1(COC(C)=O)CO[C@@H]1C[C@@H]2O. The lowest BCUT2D eigenvalue weighted by Crippen LogP contribution is -2.76. The number of ether oxygens (including phenoxy) is 8. The van der Waals surface area contributed by atoms with E-state index in [0.717, 1.165) is 0 Å². The number of hydrogen-bond donors (Lipinski definition) is 5. The van der Waals surface area contributed by atoms with Gasteiger partial charge in [-0.05, 0) is 70.1 Å². The van der Waals surface area contributed by atoms with E-state index in [1.807, 2.05) is 0 Å². The molecule has 13 atom stereocenters. The minimum Gasteiger partial charge on any atom is -0.488 e. The Balaban J connectivity index is 1.39. The van der Waals surface area contributed by atoms with E-state index < -0.39 is 137 Å². The second kappa shape index (κ2) is 22.6. The molecule has 20 nitrogen and oxygen atoms in total. The molecule has 2 unspecified atom stereocenters. The Morgan fingerprint density at radius 1 is 0.907 bits per heavy atom. The number of carbonyl (C=O) groups is 7. The zero-order chi connectivity index (χ0) is 54.8. The Morgan fingerprint density at radius 3 is 2.09 bits per heavy atom. The summed E-state index contributed by atoms with van der Waals surface area (Å²) >= 11 is 0.481. The lowest BCUT2D eigenvalue weighted by molar-refractivity contribution is -0.320. The second-order valence-corrected chi connectivity index (χ2v) is 22.0. The third-order valence-corrected chi connectivity index (χ3v) is 16.3. The molecule has 5 N–H and O–H groups in total. The number of alkyl carbamates (subject to hydrolysis) is 1. The van der Waals surface area contributed by atoms with E-state index in [1.165, 1.54) is 38.1 Å². The third-order valence-electron chi connectivity index (χ3n) is 15.2. The summed E-state index contributed by atoms with van der Waals surface area (Å²) in [5.41, 5.74) is -6.50. The quantitative estimate of drug-likeness (QED) is 0.0913. The van der Waals surface area contributed by atoms with E-state index >= 15 is 9.59 Å². The maximum absolute atomic E-state index is 15.5. The number of Topliss-reactive ketones (excluding diaryl/α,β-unsaturated/α-hetero) is 1. The van der Waals surface area contributed by atoms with Crippen molar-refractivity contribution in [2.45, 2.75) is 141 Å². The molecule has 1 amide bonds. The van der Waals surface area contributed by atoms with Crippen molar-refractivity contribution in [2.24, 2.45) is 28.6 Å². The van der Waals surface area contributed by atoms with Crippen molar-refractivity contribution in [3.63, 3.8) is 0 Å². The maximum Gasteiger partial charge on any atom is 0.408 e. The molecule has 0 bridgehead atoms. The summed E-state index contributed by atoms with van der Waals surface area (Å²) in [7, 11) is 0. The van der Waals surface area contributed by atoms with Gasteiger partial charge in [-0.3, -0.25) is 9.59 Å². The average molecular weight is 1070 g/mol. The molecule has 2 aliphatic carbocycles. The fourth-order valence-electron chi connectivity index (χ4n) is 11.1. The molecule has 75 heavy (non-hydrogen) atoms. The molecule has 1 aromatic heterocycles. The first kappa shape index (κ1) is 56.6. The van der Waals surface area contributed by atoms with E-state index in [9.17, 15) is 44.4 Å². The van der Waals surface area contributed by atoms with E-state index in [2.05, 4.69) is 5.32 Å². The third kappa shape index (κ3) is 11.4. The van der Waals surface area contributed by atoms with Gasteiger partial charge in [0.15, 0.2) is 27.0 Å². The Labute approximate surface area is 438 Å². The van der Waals surface area contributed by atoms with Crippen LogP contribution < -0.4 is 14.8 Å². The number of thiophene rings is 1. The van der Waals surface area contributed by atoms with Crippen LogP contribution in [-0.2, 0) is 42.8 Å². The van der Waals surface area contributed by atoms with E-state index in [0.29, 0.717) is 17.8 Å². The number of amides is 1. The van der Waals surface area contributed by atoms with Crippen LogP contribution in [0.15, 0.2) is 60.7 Å². The highest BCUT2D eigenvalue weighted by atomic mass is 32.1. The van der Waals surface area contributed by atoms with E-state index in [1.54, 1.807) is 77.9 Å². The van der Waals surface area contributed by atoms with Gasteiger partial charge in [-0.25, -0.2) is 24.0 Å². The summed E-state index contributed by atoms with van der Waals surface area (Å²) in [5, 5.41) is 51.0. The highest BCUT2D eigenvalue weighted by Crippen LogP contribution is 2.62. The monoisotopic (exact) mass is 1070 g/mol. The van der Waals surface area contributed by atoms with E-state index in [-0.39, 0.29) is 71.5 Å². The van der Waals surface area contributed by atoms with Crippen LogP contribution in [0.4, 0.5) is 4.79 Å². The molecule has 3 heterocycles. The number of fused-ring (bicyclic) bond motifs is 4. The molecular formula is C54H67NO19S. The molecule has 3 aromatic rings. The van der Waals surface area contributed by atoms with Crippen molar-refractivity contribution in [3.05, 3.63) is 81.5 Å². The number of hydrogen-bond acceptors (Lipinski definition) is 19. The van der Waals surface area contributed by atoms with Crippen LogP contribution in [0.5, 0.6) is 11.5 Å². The van der Waals surface area contributed by atoms with Gasteiger partial charge >= 0.3 is 35.9 Å². The van der Waals surface area contributed by atoms with Crippen molar-refractivity contribution < 1.29 is 91.9 Å². The molecule has 4 aliphatic rings. The first-order valence-corrected chi connectivity index (χ1v) is 26.0. The number of benzene rings is 2. The minimum absolute atomic E-state index is 0.0351. The first-order chi connectivity index (χ1) is 35.4. The summed E-state index contributed by atoms with van der Waals surface area (Å²) in [4.78, 5) is 98.0. The highest BCUT2D eigenvalue weighted by Gasteiger charge is 2.73. The van der Waals surface area contributed by atoms with Gasteiger partial charge < -0.3 is 63.6 Å². The minimum atomic E-state index is -2.30. The summed E-state index contributed by atoms with van der Waals surface area (Å²) in [6.45, 7) is 11.8. The first-order valence-electron chi connectivity index (χ1n) is 25.2. The number of carboxylic acid groups (broad SMARTS) is 1. The Morgan fingerprint density at radius 2 is 1.53 bits per heavy atom. The summed E-state index contributed by atoms with van der Waals surface area (Å²) < 4.78 is 47.8. The molecule has 408 valence electrons. The van der Waals surface area contributed by atoms with Crippen LogP contribution in [0, 0.1) is 28.6 Å². The number of carbonyl (C=O) groups excluding carboxylic acids is 6. The lowest BCUT2D eigenvalue weighted by Gasteiger charge is -2.65. The van der Waals surface area contributed by atoms with Crippen LogP contribution in [0.2, 0.25) is 0 Å². The molecule has 7 rings (SSSR count). The number of aliphatic hydroxyl groups is 3. The molecule has 0 radical (unpaired) electrons. The zero-order valence-electron chi connectivity index (χ0n) is 43.2. The smallest absolute Gasteiger partial charge is 0.408 e. The van der Waals surface area contributed by atoms with Crippen LogP contribution >= 0.6 is 11.3 Å². The second-order valence-electron chi connectivity index (χ2n) is 21.0. The fourth-order valence-corrected chi connectivity index (χ4v) is 12.0. The van der Waals surface area contributed by atoms with Gasteiger partial charge in [0, 0.05) is 32.1 Å². The number of aliphatic hydroxyl groups excluding tert-OH is 2. The van der Waals surface area contributed by atoms with Crippen molar-refractivity contribution in [2.75, 3.05) is 26.4 Å². The predicted octanol–water partition coefficient (Wildman–Crippen LogP) is 6.01. The largest absolute Gasteiger partial charge is 0.488 e. The number of esters is 4. The fraction of sp³-hybridized carbons (Fsp3) is 0.574. The van der Waals surface area contributed by atoms with Gasteiger partial charge in [0.2, 0.25) is 6.10 Å². The van der Waals surface area contributed by atoms with Crippen molar-refractivity contribution in [3.8, 4) is 11.5 Å². The molecule has 2 saturated carbocycles. The normalized spacial score (nSPS) is 30.3. The molecular weight excluding hydrogens is 999 g/mol. The topological polar surface area (TPSA) is 286 Å². The molecule has 1 saturated heterocycles. The highest BCUT2D eigenvalue weighted by molar-refractivity contribution is 7.16. The van der Waals surface area contributed by atoms with E-state index in [4.69, 9.17) is 37.9 Å². The summed E-state index contributed by atoms with van der Waals surface area (Å²) in [6, 6.07) is 14.1. The number of nitrogens with one attached hydrogen (secondary N) is 1. The Bertz CT molecular complexity index is 2600. The van der Waals surface area contributed by atoms with Gasteiger partial charge in [-0.15, -0.1) is 11.3 Å². The molecule has 21 heteroatoms. The van der Waals surface area contributed by atoms with Gasteiger partial charge in [0.05, 0.1) is 48.4 Å². The zero-order valence-corrected chi connectivity index (χ0v) is 44.0. The molecule has 2 aliphatic heterocycles. The predicted molar refractivity (Wildman–Crippen MR) is 265 cm³/mol. The van der Waals surface area contributed by atoms with Crippen LogP contribution in [0.1, 0.15) is 129 Å². The standard InChI is InChI=1S/C54H67NO19S/c1-9-32-28(3)33(25-54(66,10-2)45(73-47(62)31-20-15-12-16-21-31)43-52(8,44(59)37(32)58)34(57)24-35-53(43,27-70-35)26-69-29(4)56)71-48(63)38(36(30-18-13-11-14-19-30)55-50(65)74-51(5,6)7)72-49(64)42-40-39(41(75-42)46(60)61)67-22-17-23-68-40/h11-16,18-21,28,32-38,43,45,57-58,66H,9-10,17,22-27H2,1-8H3,(H,55,65)(H,60,61)/t28-,32?,33-,34-,35+,36?,37+,38+,43-,45-,52+,53+,54+/m0/s1.